The molecule has 0 radical (unpaired) electrons. The summed E-state index contributed by atoms with van der Waals surface area (Å²) in [7, 11) is 0. The predicted octanol–water partition coefficient (Wildman–Crippen LogP) is 1.59. The Morgan fingerprint density at radius 1 is 1.15 bits per heavy atom. The third-order valence-electron chi connectivity index (χ3n) is 3.92. The molecule has 0 aromatic heterocycles. The first kappa shape index (κ1) is 14.5. The maximum absolute atomic E-state index is 12.2. The molecule has 0 saturated heterocycles. The number of carbonyl (C=O) groups is 2. The number of carboxylic acid groups (broad SMARTS) is 1. The Morgan fingerprint density at radius 3 is 2.30 bits per heavy atom. The van der Waals surface area contributed by atoms with Crippen molar-refractivity contribution in [3.05, 3.63) is 35.9 Å². The smallest absolute Gasteiger partial charge is 0.329 e. The van der Waals surface area contributed by atoms with Gasteiger partial charge in [0.15, 0.2) is 0 Å². The minimum atomic E-state index is -1.15. The van der Waals surface area contributed by atoms with Crippen LogP contribution in [0.3, 0.4) is 0 Å². The van der Waals surface area contributed by atoms with E-state index in [2.05, 4.69) is 5.32 Å². The van der Waals surface area contributed by atoms with Gasteiger partial charge >= 0.3 is 5.97 Å². The van der Waals surface area contributed by atoms with E-state index >= 15 is 0 Å². The van der Waals surface area contributed by atoms with Gasteiger partial charge in [-0.3, -0.25) is 4.79 Å². The molecule has 1 aliphatic rings. The van der Waals surface area contributed by atoms with Gasteiger partial charge in [-0.2, -0.15) is 0 Å². The van der Waals surface area contributed by atoms with E-state index in [0.717, 1.165) is 19.3 Å². The van der Waals surface area contributed by atoms with E-state index in [9.17, 15) is 14.7 Å². The number of hydrogen-bond donors (Lipinski definition) is 3. The number of carbonyl (C=O) groups excluding carboxylic acids is 1. The van der Waals surface area contributed by atoms with E-state index in [1.165, 1.54) is 0 Å². The topological polar surface area (TPSA) is 92.4 Å². The van der Waals surface area contributed by atoms with Gasteiger partial charge in [-0.1, -0.05) is 49.6 Å². The molecule has 4 N–H and O–H groups in total. The van der Waals surface area contributed by atoms with Gasteiger partial charge in [0.25, 0.3) is 0 Å². The minimum Gasteiger partial charge on any atom is -0.480 e. The number of nitrogens with two attached hydrogens (primary N) is 1. The van der Waals surface area contributed by atoms with Crippen molar-refractivity contribution < 1.29 is 14.7 Å². The van der Waals surface area contributed by atoms with Crippen LogP contribution in [0.4, 0.5) is 0 Å². The Hall–Kier alpha value is -1.88. The zero-order valence-corrected chi connectivity index (χ0v) is 11.3. The summed E-state index contributed by atoms with van der Waals surface area (Å²) in [6.07, 6.45) is 3.57. The number of hydrogen-bond acceptors (Lipinski definition) is 3. The van der Waals surface area contributed by atoms with Crippen molar-refractivity contribution in [1.82, 2.24) is 5.32 Å². The van der Waals surface area contributed by atoms with Crippen LogP contribution in [0.5, 0.6) is 0 Å². The summed E-state index contributed by atoms with van der Waals surface area (Å²) in [6.45, 7) is 0. The van der Waals surface area contributed by atoms with Crippen LogP contribution in [0, 0.1) is 0 Å². The van der Waals surface area contributed by atoms with Crippen LogP contribution < -0.4 is 11.1 Å². The molecule has 1 aromatic rings. The molecule has 5 heteroatoms. The van der Waals surface area contributed by atoms with Gasteiger partial charge in [-0.15, -0.1) is 0 Å². The highest BCUT2D eigenvalue weighted by Gasteiger charge is 2.41. The first-order valence-corrected chi connectivity index (χ1v) is 6.91. The quantitative estimate of drug-likeness (QED) is 0.778. The Morgan fingerprint density at radius 2 is 1.75 bits per heavy atom. The molecule has 1 saturated carbocycles. The highest BCUT2D eigenvalue weighted by atomic mass is 16.4. The van der Waals surface area contributed by atoms with Crippen LogP contribution in [0.15, 0.2) is 30.3 Å². The van der Waals surface area contributed by atoms with E-state index in [-0.39, 0.29) is 0 Å². The summed E-state index contributed by atoms with van der Waals surface area (Å²) in [5.41, 5.74) is 5.44. The van der Waals surface area contributed by atoms with E-state index in [1.54, 1.807) is 24.3 Å². The van der Waals surface area contributed by atoms with Crippen LogP contribution >= 0.6 is 0 Å². The van der Waals surface area contributed by atoms with Crippen molar-refractivity contribution in [2.24, 2.45) is 5.73 Å². The Balaban J connectivity index is 2.11. The van der Waals surface area contributed by atoms with Crippen molar-refractivity contribution >= 4 is 11.9 Å². The van der Waals surface area contributed by atoms with Crippen molar-refractivity contribution in [2.45, 2.75) is 43.7 Å². The lowest BCUT2D eigenvalue weighted by Gasteiger charge is -2.34. The molecule has 0 bridgehead atoms. The molecule has 0 spiro atoms. The fourth-order valence-electron chi connectivity index (χ4n) is 2.67. The van der Waals surface area contributed by atoms with Gasteiger partial charge in [0.2, 0.25) is 5.91 Å². The normalized spacial score (nSPS) is 19.1. The number of nitrogens with one attached hydrogen (secondary N) is 1. The highest BCUT2D eigenvalue weighted by Crippen LogP contribution is 2.29. The van der Waals surface area contributed by atoms with Gasteiger partial charge < -0.3 is 16.2 Å². The first-order valence-electron chi connectivity index (χ1n) is 6.91. The number of benzene rings is 1. The van der Waals surface area contributed by atoms with E-state index < -0.39 is 23.5 Å². The summed E-state index contributed by atoms with van der Waals surface area (Å²) in [6, 6.07) is 8.13. The zero-order valence-electron chi connectivity index (χ0n) is 11.3. The monoisotopic (exact) mass is 276 g/mol. The Labute approximate surface area is 118 Å². The largest absolute Gasteiger partial charge is 0.480 e. The van der Waals surface area contributed by atoms with Crippen LogP contribution in [-0.4, -0.2) is 22.5 Å². The fourth-order valence-corrected chi connectivity index (χ4v) is 2.67. The van der Waals surface area contributed by atoms with Gasteiger partial charge in [-0.25, -0.2) is 4.79 Å². The average Bonchev–Trinajstić information content (AvgIpc) is 2.48. The molecule has 1 amide bonds. The summed E-state index contributed by atoms with van der Waals surface area (Å²) in [5.74, 6) is -1.40. The molecule has 1 aliphatic carbocycles. The van der Waals surface area contributed by atoms with Gasteiger partial charge in [0, 0.05) is 0 Å². The second kappa shape index (κ2) is 6.05. The molecule has 1 aromatic carbocycles. The third-order valence-corrected chi connectivity index (χ3v) is 3.92. The van der Waals surface area contributed by atoms with Crippen molar-refractivity contribution in [2.75, 3.05) is 0 Å². The van der Waals surface area contributed by atoms with Gasteiger partial charge in [0.1, 0.15) is 11.6 Å². The van der Waals surface area contributed by atoms with Crippen LogP contribution in [0.2, 0.25) is 0 Å². The zero-order chi connectivity index (χ0) is 14.6. The summed E-state index contributed by atoms with van der Waals surface area (Å²) in [5, 5.41) is 12.1. The second-order valence-electron chi connectivity index (χ2n) is 5.33. The number of aliphatic carboxylic acids is 1. The molecule has 5 nitrogen and oxygen atoms in total. The Kier molecular flexibility index (Phi) is 4.39. The summed E-state index contributed by atoms with van der Waals surface area (Å²) in [4.78, 5) is 23.7. The maximum atomic E-state index is 12.2. The standard InChI is InChI=1S/C15H20N2O3/c16-12(11-7-3-1-4-8-11)13(18)17-15(14(19)20)9-5-2-6-10-15/h1,3-4,7-8,12H,2,5-6,9-10,16H2,(H,17,18)(H,19,20). The van der Waals surface area contributed by atoms with E-state index in [4.69, 9.17) is 5.73 Å². The highest BCUT2D eigenvalue weighted by molar-refractivity contribution is 5.90. The first-order chi connectivity index (χ1) is 9.55. The number of amides is 1. The lowest BCUT2D eigenvalue weighted by molar-refractivity contribution is -0.149. The lowest BCUT2D eigenvalue weighted by atomic mass is 9.81. The molecule has 2 rings (SSSR count). The lowest BCUT2D eigenvalue weighted by Crippen LogP contribution is -2.57. The molecule has 20 heavy (non-hydrogen) atoms. The van der Waals surface area contributed by atoms with Crippen molar-refractivity contribution in [3.63, 3.8) is 0 Å². The van der Waals surface area contributed by atoms with Crippen LogP contribution in [0.1, 0.15) is 43.7 Å². The fraction of sp³-hybridized carbons (Fsp3) is 0.467. The van der Waals surface area contributed by atoms with Crippen molar-refractivity contribution in [3.8, 4) is 0 Å². The van der Waals surface area contributed by atoms with E-state index in [0.29, 0.717) is 18.4 Å². The molecular formula is C15H20N2O3. The summed E-state index contributed by atoms with van der Waals surface area (Å²) >= 11 is 0. The van der Waals surface area contributed by atoms with Gasteiger partial charge in [-0.05, 0) is 18.4 Å². The van der Waals surface area contributed by atoms with Crippen molar-refractivity contribution in [1.29, 1.82) is 0 Å². The molecule has 1 fully saturated rings. The Bertz CT molecular complexity index is 481. The second-order valence-corrected chi connectivity index (χ2v) is 5.33. The SMILES string of the molecule is NC(C(=O)NC1(C(=O)O)CCCCC1)c1ccccc1. The minimum absolute atomic E-state index is 0.430. The average molecular weight is 276 g/mol. The third kappa shape index (κ3) is 2.99. The number of rotatable bonds is 4. The van der Waals surface area contributed by atoms with E-state index in [1.807, 2.05) is 6.07 Å². The molecular weight excluding hydrogens is 256 g/mol. The maximum Gasteiger partial charge on any atom is 0.329 e. The molecule has 0 heterocycles. The predicted molar refractivity (Wildman–Crippen MR) is 75.0 cm³/mol. The molecule has 108 valence electrons. The van der Waals surface area contributed by atoms with Gasteiger partial charge in [0.05, 0.1) is 0 Å². The molecule has 0 aliphatic heterocycles. The number of carboxylic acids is 1. The summed E-state index contributed by atoms with van der Waals surface area (Å²) < 4.78 is 0. The van der Waals surface area contributed by atoms with Crippen LogP contribution in [-0.2, 0) is 9.59 Å². The van der Waals surface area contributed by atoms with Crippen LogP contribution in [0.25, 0.3) is 0 Å². The molecule has 1 unspecified atom stereocenters. The molecule has 1 atom stereocenters.